The Balaban J connectivity index is 1.98. The molecule has 0 saturated carbocycles. The number of rotatable bonds is 4. The number of nitrogens with zero attached hydrogens (tertiary/aromatic N) is 1. The van der Waals surface area contributed by atoms with E-state index in [1.165, 1.54) is 50.2 Å². The Morgan fingerprint density at radius 3 is 1.83 bits per heavy atom. The molecule has 1 aliphatic rings. The number of hydrogen-bond acceptors (Lipinski definition) is 1. The second-order valence-corrected chi connectivity index (χ2v) is 8.53. The number of fused-ring (bicyclic) bond motifs is 1. The molecule has 0 amide bonds. The van der Waals surface area contributed by atoms with Gasteiger partial charge in [0.15, 0.2) is 0 Å². The van der Waals surface area contributed by atoms with E-state index in [1.807, 2.05) is 0 Å². The van der Waals surface area contributed by atoms with Crippen molar-refractivity contribution in [3.05, 3.63) is 94.1 Å². The zero-order chi connectivity index (χ0) is 21.6. The predicted octanol–water partition coefficient (Wildman–Crippen LogP) is 7.22. The van der Waals surface area contributed by atoms with Gasteiger partial charge < -0.3 is 4.90 Å². The summed E-state index contributed by atoms with van der Waals surface area (Å²) in [6.07, 6.45) is 4.31. The van der Waals surface area contributed by atoms with Gasteiger partial charge in [-0.3, -0.25) is 0 Å². The Morgan fingerprint density at radius 1 is 0.828 bits per heavy atom. The van der Waals surface area contributed by atoms with Gasteiger partial charge in [-0.25, -0.2) is 0 Å². The molecule has 0 aromatic heterocycles. The van der Waals surface area contributed by atoms with Gasteiger partial charge in [-0.05, 0) is 102 Å². The lowest BCUT2D eigenvalue weighted by atomic mass is 9.89. The molecule has 2 aromatic rings. The smallest absolute Gasteiger partial charge is 0.0396 e. The van der Waals surface area contributed by atoms with Gasteiger partial charge in [0.1, 0.15) is 0 Å². The highest BCUT2D eigenvalue weighted by Gasteiger charge is 2.34. The van der Waals surface area contributed by atoms with Crippen molar-refractivity contribution in [2.45, 2.75) is 34.6 Å². The van der Waals surface area contributed by atoms with Crippen LogP contribution in [0.3, 0.4) is 0 Å². The molecule has 0 bridgehead atoms. The van der Waals surface area contributed by atoms with Gasteiger partial charge in [0.25, 0.3) is 0 Å². The van der Waals surface area contributed by atoms with E-state index in [-0.39, 0.29) is 5.92 Å². The summed E-state index contributed by atoms with van der Waals surface area (Å²) in [5.41, 5.74) is 14.9. The second-order valence-electron chi connectivity index (χ2n) is 8.53. The van der Waals surface area contributed by atoms with Gasteiger partial charge in [0.05, 0.1) is 0 Å². The van der Waals surface area contributed by atoms with E-state index in [4.69, 9.17) is 0 Å². The fraction of sp³-hybridized carbons (Fsp3) is 0.286. The molecule has 0 aliphatic heterocycles. The quantitative estimate of drug-likeness (QED) is 0.504. The van der Waals surface area contributed by atoms with E-state index >= 15 is 0 Å². The van der Waals surface area contributed by atoms with Gasteiger partial charge in [-0.2, -0.15) is 0 Å². The Morgan fingerprint density at radius 2 is 1.34 bits per heavy atom. The van der Waals surface area contributed by atoms with Gasteiger partial charge in [0, 0.05) is 25.7 Å². The highest BCUT2D eigenvalue weighted by atomic mass is 15.1. The highest BCUT2D eigenvalue weighted by molar-refractivity contribution is 5.98. The third-order valence-corrected chi connectivity index (χ3v) is 6.70. The fourth-order valence-electron chi connectivity index (χ4n) is 4.66. The summed E-state index contributed by atoms with van der Waals surface area (Å²) in [6.45, 7) is 24.3. The standard InChI is InChI=1S/C28H33N/c1-16(14-15-24-12-11-13-25(21(24)6)29(9)10)26-22(7)27-19(4)17(2)18(3)20(5)28(27)23(26)8/h11-15,26H,1,7-8H2,2-6,9-10H3/b15-14-. The second kappa shape index (κ2) is 7.55. The normalized spacial score (nSPS) is 14.0. The molecule has 0 heterocycles. The third kappa shape index (κ3) is 3.29. The van der Waals surface area contributed by atoms with E-state index in [2.05, 4.69) is 104 Å². The molecule has 1 heteroatoms. The molecule has 0 radical (unpaired) electrons. The minimum Gasteiger partial charge on any atom is -0.377 e. The lowest BCUT2D eigenvalue weighted by molar-refractivity contribution is 1.10. The lowest BCUT2D eigenvalue weighted by Crippen LogP contribution is -2.10. The Kier molecular flexibility index (Phi) is 5.45. The largest absolute Gasteiger partial charge is 0.377 e. The first-order chi connectivity index (χ1) is 13.6. The Hall–Kier alpha value is -2.80. The Labute approximate surface area is 176 Å². The summed E-state index contributed by atoms with van der Waals surface area (Å²) < 4.78 is 0. The molecule has 0 spiro atoms. The average molecular weight is 384 g/mol. The number of allylic oxidation sites excluding steroid dienone is 4. The van der Waals surface area contributed by atoms with Crippen LogP contribution in [0.15, 0.2) is 49.6 Å². The topological polar surface area (TPSA) is 3.24 Å². The van der Waals surface area contributed by atoms with Crippen molar-refractivity contribution < 1.29 is 0 Å². The number of hydrogen-bond donors (Lipinski definition) is 0. The minimum absolute atomic E-state index is 0.0668. The molecule has 0 unspecified atom stereocenters. The monoisotopic (exact) mass is 383 g/mol. The van der Waals surface area contributed by atoms with Crippen LogP contribution in [0.2, 0.25) is 0 Å². The first kappa shape index (κ1) is 20.9. The van der Waals surface area contributed by atoms with Crippen LogP contribution in [0, 0.1) is 40.5 Å². The molecular weight excluding hydrogens is 350 g/mol. The van der Waals surface area contributed by atoms with Crippen molar-refractivity contribution in [2.24, 2.45) is 5.92 Å². The van der Waals surface area contributed by atoms with Crippen molar-refractivity contribution in [3.8, 4) is 0 Å². The summed E-state index contributed by atoms with van der Waals surface area (Å²) in [4.78, 5) is 2.15. The van der Waals surface area contributed by atoms with Crippen LogP contribution in [0.4, 0.5) is 5.69 Å². The molecule has 1 aliphatic carbocycles. The van der Waals surface area contributed by atoms with Crippen molar-refractivity contribution in [3.63, 3.8) is 0 Å². The third-order valence-electron chi connectivity index (χ3n) is 6.70. The van der Waals surface area contributed by atoms with Crippen molar-refractivity contribution >= 4 is 22.9 Å². The molecular formula is C28H33N. The van der Waals surface area contributed by atoms with Gasteiger partial charge in [0.2, 0.25) is 0 Å². The van der Waals surface area contributed by atoms with Crippen LogP contribution in [0.25, 0.3) is 17.2 Å². The van der Waals surface area contributed by atoms with Crippen LogP contribution in [0.1, 0.15) is 44.5 Å². The first-order valence-electron chi connectivity index (χ1n) is 10.2. The van der Waals surface area contributed by atoms with E-state index in [0.717, 1.165) is 16.7 Å². The molecule has 0 N–H and O–H groups in total. The minimum atomic E-state index is 0.0668. The molecule has 0 fully saturated rings. The molecule has 29 heavy (non-hydrogen) atoms. The van der Waals surface area contributed by atoms with Crippen molar-refractivity contribution in [1.29, 1.82) is 0 Å². The fourth-order valence-corrected chi connectivity index (χ4v) is 4.66. The van der Waals surface area contributed by atoms with Gasteiger partial charge in [-0.15, -0.1) is 0 Å². The predicted molar refractivity (Wildman–Crippen MR) is 131 cm³/mol. The molecule has 3 rings (SSSR count). The van der Waals surface area contributed by atoms with Crippen LogP contribution in [-0.4, -0.2) is 14.1 Å². The van der Waals surface area contributed by atoms with E-state index < -0.39 is 0 Å². The van der Waals surface area contributed by atoms with Crippen molar-refractivity contribution in [2.75, 3.05) is 19.0 Å². The number of benzene rings is 2. The average Bonchev–Trinajstić information content (AvgIpc) is 2.93. The van der Waals surface area contributed by atoms with Crippen LogP contribution < -0.4 is 4.90 Å². The molecule has 1 nitrogen and oxygen atoms in total. The molecule has 2 aromatic carbocycles. The zero-order valence-electron chi connectivity index (χ0n) is 19.0. The summed E-state index contributed by atoms with van der Waals surface area (Å²) >= 11 is 0. The SMILES string of the molecule is C=C(/C=C\c1cccc(N(C)C)c1C)C1C(=C)c2c(C)c(C)c(C)c(C)c2C1=C. The molecule has 0 atom stereocenters. The maximum Gasteiger partial charge on any atom is 0.0396 e. The van der Waals surface area contributed by atoms with Crippen molar-refractivity contribution in [1.82, 2.24) is 0 Å². The zero-order valence-corrected chi connectivity index (χ0v) is 19.0. The van der Waals surface area contributed by atoms with E-state index in [9.17, 15) is 0 Å². The lowest BCUT2D eigenvalue weighted by Gasteiger charge is -2.17. The first-order valence-corrected chi connectivity index (χ1v) is 10.2. The molecule has 150 valence electrons. The van der Waals surface area contributed by atoms with Gasteiger partial charge in [-0.1, -0.05) is 44.0 Å². The Bertz CT molecular complexity index is 1030. The molecule has 0 saturated heterocycles. The summed E-state index contributed by atoms with van der Waals surface area (Å²) in [7, 11) is 4.15. The van der Waals surface area contributed by atoms with E-state index in [0.29, 0.717) is 0 Å². The maximum absolute atomic E-state index is 4.47. The summed E-state index contributed by atoms with van der Waals surface area (Å²) in [5, 5.41) is 0. The number of anilines is 1. The summed E-state index contributed by atoms with van der Waals surface area (Å²) in [5.74, 6) is 0.0668. The van der Waals surface area contributed by atoms with Gasteiger partial charge >= 0.3 is 0 Å². The van der Waals surface area contributed by atoms with Crippen LogP contribution in [0.5, 0.6) is 0 Å². The van der Waals surface area contributed by atoms with Crippen LogP contribution in [-0.2, 0) is 0 Å². The summed E-state index contributed by atoms with van der Waals surface area (Å²) in [6, 6.07) is 6.40. The highest BCUT2D eigenvalue weighted by Crippen LogP contribution is 2.51. The van der Waals surface area contributed by atoms with Crippen LogP contribution >= 0.6 is 0 Å². The maximum atomic E-state index is 4.47. The van der Waals surface area contributed by atoms with E-state index in [1.54, 1.807) is 0 Å².